The molecule has 3 N–H and O–H groups in total. The minimum atomic E-state index is -1.20. The van der Waals surface area contributed by atoms with E-state index in [0.29, 0.717) is 47.5 Å². The predicted octanol–water partition coefficient (Wildman–Crippen LogP) is 7.36. The van der Waals surface area contributed by atoms with Crippen LogP contribution in [0.15, 0.2) is 36.4 Å². The van der Waals surface area contributed by atoms with E-state index in [9.17, 15) is 9.59 Å². The average Bonchev–Trinajstić information content (AvgIpc) is 3.41. The summed E-state index contributed by atoms with van der Waals surface area (Å²) in [5, 5.41) is 10.5. The van der Waals surface area contributed by atoms with Crippen LogP contribution in [0.25, 0.3) is 0 Å². The summed E-state index contributed by atoms with van der Waals surface area (Å²) in [6.45, 7) is 5.16. The smallest absolute Gasteiger partial charge is 0.237 e. The summed E-state index contributed by atoms with van der Waals surface area (Å²) < 4.78 is 16.0. The van der Waals surface area contributed by atoms with Crippen LogP contribution in [0.4, 0.5) is 10.1 Å². The zero-order chi connectivity index (χ0) is 28.9. The molecular weight excluding hydrogens is 560 g/mol. The molecule has 4 aliphatic rings. The van der Waals surface area contributed by atoms with Gasteiger partial charge in [0.2, 0.25) is 11.8 Å². The largest absolute Gasteiger partial charge is 0.354 e. The normalized spacial score (nSPS) is 30.5. The molecule has 2 aliphatic heterocycles. The first-order chi connectivity index (χ1) is 19.7. The second-order valence-corrected chi connectivity index (χ2v) is 14.0. The molecule has 2 heterocycles. The van der Waals surface area contributed by atoms with Crippen LogP contribution in [-0.4, -0.2) is 29.9 Å². The molecule has 5 nitrogen and oxygen atoms in total. The van der Waals surface area contributed by atoms with E-state index in [1.807, 2.05) is 6.07 Å². The summed E-state index contributed by atoms with van der Waals surface area (Å²) >= 11 is 12.7. The third-order valence-electron chi connectivity index (χ3n) is 10.7. The Morgan fingerprint density at radius 2 is 1.80 bits per heavy atom. The highest BCUT2D eigenvalue weighted by molar-refractivity contribution is 6.31. The van der Waals surface area contributed by atoms with Crippen LogP contribution in [0.1, 0.15) is 88.7 Å². The van der Waals surface area contributed by atoms with E-state index in [0.717, 1.165) is 43.6 Å². The molecule has 2 spiro atoms. The lowest BCUT2D eigenvalue weighted by molar-refractivity contribution is -0.124. The monoisotopic (exact) mass is 599 g/mol. The van der Waals surface area contributed by atoms with E-state index in [4.69, 9.17) is 23.2 Å². The van der Waals surface area contributed by atoms with Gasteiger partial charge in [-0.15, -0.1) is 0 Å². The summed E-state index contributed by atoms with van der Waals surface area (Å²) in [5.74, 6) is 0.0840. The summed E-state index contributed by atoms with van der Waals surface area (Å²) in [5.41, 5.74) is -0.220. The van der Waals surface area contributed by atoms with Gasteiger partial charge in [0, 0.05) is 28.7 Å². The minimum absolute atomic E-state index is 0.0157. The number of fused-ring (bicyclic) bond motifs is 3. The highest BCUT2D eigenvalue weighted by Gasteiger charge is 2.72. The third kappa shape index (κ3) is 4.69. The van der Waals surface area contributed by atoms with Crippen LogP contribution >= 0.6 is 23.2 Å². The first-order valence-corrected chi connectivity index (χ1v) is 16.0. The topological polar surface area (TPSA) is 70.2 Å². The standard InChI is InChI=1S/C33H40Cl2FN3O2/c1-19(2)21-11-9-20(10-12-21)18-37-30(40)29-27(23-7-6-8-25(35)28(23)36)33(32(39-29)15-4-3-5-16-32)24-14-13-22(34)17-26(24)38-31(33)41/h6-8,13-14,17,19-21,27,29,39H,3-5,9-12,15-16,18H2,1-2H3,(H,37,40)(H,38,41)/t20?,21?,27-,29+,33+/m0/s1. The van der Waals surface area contributed by atoms with Gasteiger partial charge < -0.3 is 10.6 Å². The molecule has 220 valence electrons. The van der Waals surface area contributed by atoms with Crippen LogP contribution in [0, 0.1) is 23.6 Å². The van der Waals surface area contributed by atoms with Crippen molar-refractivity contribution in [3.63, 3.8) is 0 Å². The van der Waals surface area contributed by atoms with Crippen molar-refractivity contribution in [2.24, 2.45) is 17.8 Å². The van der Waals surface area contributed by atoms with Crippen LogP contribution in [0.3, 0.4) is 0 Å². The summed E-state index contributed by atoms with van der Waals surface area (Å²) in [6, 6.07) is 9.52. The molecule has 2 saturated carbocycles. The number of rotatable bonds is 5. The van der Waals surface area contributed by atoms with Gasteiger partial charge in [-0.05, 0) is 85.6 Å². The Labute approximate surface area is 252 Å². The molecule has 2 amide bonds. The van der Waals surface area contributed by atoms with Gasteiger partial charge in [-0.3, -0.25) is 14.9 Å². The first kappa shape index (κ1) is 28.9. The van der Waals surface area contributed by atoms with Crippen molar-refractivity contribution in [2.45, 2.75) is 94.5 Å². The molecule has 0 aromatic heterocycles. The van der Waals surface area contributed by atoms with Gasteiger partial charge >= 0.3 is 0 Å². The number of amides is 2. The molecule has 3 atom stereocenters. The van der Waals surface area contributed by atoms with Crippen LogP contribution in [-0.2, 0) is 15.0 Å². The van der Waals surface area contributed by atoms with Crippen molar-refractivity contribution < 1.29 is 14.0 Å². The molecule has 1 saturated heterocycles. The van der Waals surface area contributed by atoms with Crippen molar-refractivity contribution in [1.82, 2.24) is 10.6 Å². The Morgan fingerprint density at radius 3 is 2.51 bits per heavy atom. The molecule has 6 rings (SSSR count). The molecule has 2 aromatic rings. The quantitative estimate of drug-likeness (QED) is 0.336. The number of hydrogen-bond donors (Lipinski definition) is 3. The fourth-order valence-electron chi connectivity index (χ4n) is 8.63. The van der Waals surface area contributed by atoms with Gasteiger partial charge in [-0.2, -0.15) is 0 Å². The van der Waals surface area contributed by atoms with Gasteiger partial charge in [-0.1, -0.05) is 74.5 Å². The van der Waals surface area contributed by atoms with Gasteiger partial charge in [0.1, 0.15) is 11.2 Å². The number of carbonyl (C=O) groups excluding carboxylic acids is 2. The maximum Gasteiger partial charge on any atom is 0.237 e. The average molecular weight is 601 g/mol. The summed E-state index contributed by atoms with van der Waals surface area (Å²) in [4.78, 5) is 28.6. The SMILES string of the molecule is CC(C)C1CCC(CNC(=O)[C@@H]2NC3(CCCCC3)[C@@]3(C(=O)Nc4cc(Cl)ccc43)[C@H]2c2cccc(Cl)c2F)CC1. The molecule has 0 radical (unpaired) electrons. The van der Waals surface area contributed by atoms with E-state index in [1.165, 1.54) is 18.9 Å². The van der Waals surface area contributed by atoms with Gasteiger partial charge in [0.15, 0.2) is 0 Å². The second-order valence-electron chi connectivity index (χ2n) is 13.1. The highest BCUT2D eigenvalue weighted by atomic mass is 35.5. The molecule has 2 aromatic carbocycles. The van der Waals surface area contributed by atoms with E-state index >= 15 is 4.39 Å². The molecule has 2 aliphatic carbocycles. The van der Waals surface area contributed by atoms with Crippen molar-refractivity contribution in [2.75, 3.05) is 11.9 Å². The third-order valence-corrected chi connectivity index (χ3v) is 11.2. The zero-order valence-corrected chi connectivity index (χ0v) is 25.4. The van der Waals surface area contributed by atoms with Crippen LogP contribution in [0.2, 0.25) is 10.0 Å². The maximum absolute atomic E-state index is 16.0. The lowest BCUT2D eigenvalue weighted by atomic mass is 9.55. The van der Waals surface area contributed by atoms with E-state index in [2.05, 4.69) is 29.8 Å². The van der Waals surface area contributed by atoms with Crippen molar-refractivity contribution in [3.8, 4) is 0 Å². The molecular formula is C33H40Cl2FN3O2. The molecule has 0 bridgehead atoms. The number of nitrogens with one attached hydrogen (secondary N) is 3. The van der Waals surface area contributed by atoms with E-state index in [1.54, 1.807) is 24.3 Å². The van der Waals surface area contributed by atoms with Crippen molar-refractivity contribution in [1.29, 1.82) is 0 Å². The number of hydrogen-bond acceptors (Lipinski definition) is 3. The number of benzene rings is 2. The lowest BCUT2D eigenvalue weighted by Gasteiger charge is -2.47. The Hall–Kier alpha value is -2.15. The van der Waals surface area contributed by atoms with Crippen LogP contribution in [0.5, 0.6) is 0 Å². The Kier molecular flexibility index (Phi) is 7.88. The highest BCUT2D eigenvalue weighted by Crippen LogP contribution is 2.62. The molecule has 8 heteroatoms. The van der Waals surface area contributed by atoms with Gasteiger partial charge in [0.05, 0.1) is 11.1 Å². The van der Waals surface area contributed by atoms with Crippen LogP contribution < -0.4 is 16.0 Å². The summed E-state index contributed by atoms with van der Waals surface area (Å²) in [6.07, 6.45) is 8.88. The Morgan fingerprint density at radius 1 is 1.07 bits per heavy atom. The first-order valence-electron chi connectivity index (χ1n) is 15.3. The number of anilines is 1. The predicted molar refractivity (Wildman–Crippen MR) is 162 cm³/mol. The molecule has 0 unspecified atom stereocenters. The zero-order valence-electron chi connectivity index (χ0n) is 23.9. The minimum Gasteiger partial charge on any atom is -0.354 e. The second kappa shape index (κ2) is 11.2. The van der Waals surface area contributed by atoms with E-state index in [-0.39, 0.29) is 16.8 Å². The molecule has 3 fully saturated rings. The number of carbonyl (C=O) groups is 2. The summed E-state index contributed by atoms with van der Waals surface area (Å²) in [7, 11) is 0. The Bertz CT molecular complexity index is 1340. The van der Waals surface area contributed by atoms with Crippen molar-refractivity contribution in [3.05, 3.63) is 63.4 Å². The lowest BCUT2D eigenvalue weighted by Crippen LogP contribution is -2.60. The number of halogens is 3. The molecule has 41 heavy (non-hydrogen) atoms. The maximum atomic E-state index is 16.0. The fourth-order valence-corrected chi connectivity index (χ4v) is 8.99. The Balaban J connectivity index is 1.42. The van der Waals surface area contributed by atoms with Gasteiger partial charge in [0.25, 0.3) is 0 Å². The van der Waals surface area contributed by atoms with E-state index < -0.39 is 28.7 Å². The fraction of sp³-hybridized carbons (Fsp3) is 0.576. The van der Waals surface area contributed by atoms with Crippen molar-refractivity contribution >= 4 is 40.7 Å². The van der Waals surface area contributed by atoms with Gasteiger partial charge in [-0.25, -0.2) is 4.39 Å².